The van der Waals surface area contributed by atoms with E-state index in [1.165, 1.54) is 54.1 Å². The largest absolute Gasteiger partial charge is 0.310 e. The van der Waals surface area contributed by atoms with Crippen molar-refractivity contribution in [3.8, 4) is 0 Å². The van der Waals surface area contributed by atoms with Gasteiger partial charge in [0.05, 0.1) is 0 Å². The molecule has 1 fully saturated rings. The lowest BCUT2D eigenvalue weighted by molar-refractivity contribution is 0.175. The average Bonchev–Trinajstić information content (AvgIpc) is 2.52. The van der Waals surface area contributed by atoms with Crippen LogP contribution in [0.2, 0.25) is 0 Å². The quantitative estimate of drug-likeness (QED) is 0.661. The highest BCUT2D eigenvalue weighted by molar-refractivity contribution is 9.10. The van der Waals surface area contributed by atoms with Crippen molar-refractivity contribution >= 4 is 15.9 Å². The van der Waals surface area contributed by atoms with Gasteiger partial charge in [-0.15, -0.1) is 0 Å². The average molecular weight is 352 g/mol. The summed E-state index contributed by atoms with van der Waals surface area (Å²) in [6, 6.07) is 7.22. The molecule has 21 heavy (non-hydrogen) atoms. The Bertz CT molecular complexity index is 443. The third-order valence-corrected chi connectivity index (χ3v) is 6.17. The van der Waals surface area contributed by atoms with E-state index >= 15 is 0 Å². The molecule has 2 rings (SSSR count). The zero-order chi connectivity index (χ0) is 15.2. The number of hydrogen-bond acceptors (Lipinski definition) is 1. The van der Waals surface area contributed by atoms with Crippen LogP contribution >= 0.6 is 15.9 Å². The summed E-state index contributed by atoms with van der Waals surface area (Å²) in [5.41, 5.74) is 2.81. The van der Waals surface area contributed by atoms with Gasteiger partial charge in [0.2, 0.25) is 0 Å². The van der Waals surface area contributed by atoms with E-state index in [1.54, 1.807) is 0 Å². The summed E-state index contributed by atoms with van der Waals surface area (Å²) < 4.78 is 1.30. The minimum atomic E-state index is 0.504. The Labute approximate surface area is 139 Å². The molecular weight excluding hydrogens is 322 g/mol. The Morgan fingerprint density at radius 1 is 1.24 bits per heavy atom. The Morgan fingerprint density at radius 3 is 2.71 bits per heavy atom. The third kappa shape index (κ3) is 4.10. The van der Waals surface area contributed by atoms with Crippen LogP contribution in [0.15, 0.2) is 22.7 Å². The summed E-state index contributed by atoms with van der Waals surface area (Å²) in [7, 11) is 0. The third-order valence-electron chi connectivity index (χ3n) is 5.09. The van der Waals surface area contributed by atoms with Gasteiger partial charge in [-0.25, -0.2) is 0 Å². The number of hydrogen-bond donors (Lipinski definition) is 1. The predicted octanol–water partition coefficient (Wildman–Crippen LogP) is 6.01. The van der Waals surface area contributed by atoms with Gasteiger partial charge in [-0.05, 0) is 49.3 Å². The highest BCUT2D eigenvalue weighted by Crippen LogP contribution is 2.42. The Morgan fingerprint density at radius 2 is 2.00 bits per heavy atom. The molecule has 1 N–H and O–H groups in total. The van der Waals surface area contributed by atoms with E-state index in [4.69, 9.17) is 0 Å². The first-order valence-corrected chi connectivity index (χ1v) is 9.46. The number of benzene rings is 1. The molecule has 3 atom stereocenters. The molecule has 2 heteroatoms. The maximum Gasteiger partial charge on any atom is 0.0362 e. The lowest BCUT2D eigenvalue weighted by atomic mass is 9.72. The minimum absolute atomic E-state index is 0.504. The Kier molecular flexibility index (Phi) is 6.75. The molecule has 0 bridgehead atoms. The van der Waals surface area contributed by atoms with E-state index in [2.05, 4.69) is 60.2 Å². The fourth-order valence-corrected chi connectivity index (χ4v) is 4.40. The van der Waals surface area contributed by atoms with Gasteiger partial charge in [-0.2, -0.15) is 0 Å². The fourth-order valence-electron chi connectivity index (χ4n) is 3.88. The Hall–Kier alpha value is -0.340. The summed E-state index contributed by atoms with van der Waals surface area (Å²) >= 11 is 3.84. The first-order valence-electron chi connectivity index (χ1n) is 8.67. The van der Waals surface area contributed by atoms with Gasteiger partial charge in [-0.3, -0.25) is 0 Å². The van der Waals surface area contributed by atoms with Gasteiger partial charge in [0.15, 0.2) is 0 Å². The molecule has 1 aromatic carbocycles. The SMILES string of the molecule is CCCNC(c1cccc(C)c1Br)C1CCCCC1CC. The molecule has 0 aromatic heterocycles. The zero-order valence-corrected chi connectivity index (χ0v) is 15.4. The highest BCUT2D eigenvalue weighted by Gasteiger charge is 2.32. The molecule has 1 aromatic rings. The number of aryl methyl sites for hydroxylation is 1. The fraction of sp³-hybridized carbons (Fsp3) is 0.684. The van der Waals surface area contributed by atoms with Gasteiger partial charge in [0.1, 0.15) is 0 Å². The second-order valence-corrected chi connectivity index (χ2v) is 7.32. The van der Waals surface area contributed by atoms with Crippen molar-refractivity contribution in [1.82, 2.24) is 5.32 Å². The maximum atomic E-state index is 3.86. The second-order valence-electron chi connectivity index (χ2n) is 6.53. The van der Waals surface area contributed by atoms with Crippen LogP contribution in [0.1, 0.15) is 69.5 Å². The molecule has 0 spiro atoms. The van der Waals surface area contributed by atoms with Crippen molar-refractivity contribution in [1.29, 1.82) is 0 Å². The van der Waals surface area contributed by atoms with Gasteiger partial charge in [0.25, 0.3) is 0 Å². The molecule has 0 aliphatic heterocycles. The summed E-state index contributed by atoms with van der Waals surface area (Å²) in [6.07, 6.45) is 8.12. The standard InChI is InChI=1S/C19H30BrN/c1-4-13-21-19(16-11-7-6-10-15(16)5-2)17-12-8-9-14(3)18(17)20/h8-9,12,15-16,19,21H,4-7,10-11,13H2,1-3H3. The topological polar surface area (TPSA) is 12.0 Å². The van der Waals surface area contributed by atoms with E-state index in [0.29, 0.717) is 6.04 Å². The molecule has 1 aliphatic rings. The zero-order valence-electron chi connectivity index (χ0n) is 13.8. The lowest BCUT2D eigenvalue weighted by Crippen LogP contribution is -2.35. The van der Waals surface area contributed by atoms with Crippen LogP contribution in [0.25, 0.3) is 0 Å². The summed E-state index contributed by atoms with van der Waals surface area (Å²) in [5.74, 6) is 1.66. The summed E-state index contributed by atoms with van der Waals surface area (Å²) in [4.78, 5) is 0. The van der Waals surface area contributed by atoms with Crippen molar-refractivity contribution in [2.24, 2.45) is 11.8 Å². The normalized spacial score (nSPS) is 24.0. The summed E-state index contributed by atoms with van der Waals surface area (Å²) in [6.45, 7) is 7.93. The first-order chi connectivity index (χ1) is 10.2. The van der Waals surface area contributed by atoms with Crippen molar-refractivity contribution in [2.75, 3.05) is 6.54 Å². The van der Waals surface area contributed by atoms with Gasteiger partial charge >= 0.3 is 0 Å². The van der Waals surface area contributed by atoms with E-state index in [1.807, 2.05) is 0 Å². The molecular formula is C19H30BrN. The van der Waals surface area contributed by atoms with Gasteiger partial charge in [0, 0.05) is 10.5 Å². The number of halogens is 1. The maximum absolute atomic E-state index is 3.86. The second kappa shape index (κ2) is 8.33. The van der Waals surface area contributed by atoms with Gasteiger partial charge < -0.3 is 5.32 Å². The van der Waals surface area contributed by atoms with E-state index in [0.717, 1.165) is 18.4 Å². The molecule has 0 saturated heterocycles. The molecule has 3 unspecified atom stereocenters. The van der Waals surface area contributed by atoms with Crippen molar-refractivity contribution in [3.05, 3.63) is 33.8 Å². The van der Waals surface area contributed by atoms with E-state index < -0.39 is 0 Å². The molecule has 1 aliphatic carbocycles. The van der Waals surface area contributed by atoms with Crippen LogP contribution in [0, 0.1) is 18.8 Å². The molecule has 118 valence electrons. The van der Waals surface area contributed by atoms with Crippen molar-refractivity contribution in [2.45, 2.75) is 65.3 Å². The van der Waals surface area contributed by atoms with Crippen LogP contribution in [-0.4, -0.2) is 6.54 Å². The minimum Gasteiger partial charge on any atom is -0.310 e. The smallest absolute Gasteiger partial charge is 0.0362 e. The monoisotopic (exact) mass is 351 g/mol. The van der Waals surface area contributed by atoms with E-state index in [9.17, 15) is 0 Å². The number of rotatable bonds is 6. The van der Waals surface area contributed by atoms with Crippen LogP contribution in [0.5, 0.6) is 0 Å². The molecule has 1 nitrogen and oxygen atoms in total. The number of nitrogens with one attached hydrogen (secondary N) is 1. The predicted molar refractivity (Wildman–Crippen MR) is 95.7 cm³/mol. The molecule has 1 saturated carbocycles. The summed E-state index contributed by atoms with van der Waals surface area (Å²) in [5, 5.41) is 3.86. The molecule has 0 heterocycles. The van der Waals surface area contributed by atoms with Gasteiger partial charge in [-0.1, -0.05) is 73.7 Å². The Balaban J connectivity index is 2.30. The van der Waals surface area contributed by atoms with Crippen LogP contribution in [-0.2, 0) is 0 Å². The van der Waals surface area contributed by atoms with Crippen LogP contribution < -0.4 is 5.32 Å². The van der Waals surface area contributed by atoms with Crippen LogP contribution in [0.4, 0.5) is 0 Å². The highest BCUT2D eigenvalue weighted by atomic mass is 79.9. The molecule has 0 radical (unpaired) electrons. The lowest BCUT2D eigenvalue weighted by Gasteiger charge is -2.38. The van der Waals surface area contributed by atoms with E-state index in [-0.39, 0.29) is 0 Å². The van der Waals surface area contributed by atoms with Crippen molar-refractivity contribution < 1.29 is 0 Å². The van der Waals surface area contributed by atoms with Crippen LogP contribution in [0.3, 0.4) is 0 Å². The first kappa shape index (κ1) is 17.0. The van der Waals surface area contributed by atoms with Crippen molar-refractivity contribution in [3.63, 3.8) is 0 Å². The molecule has 0 amide bonds.